The lowest BCUT2D eigenvalue weighted by Crippen LogP contribution is -2.54. The summed E-state index contributed by atoms with van der Waals surface area (Å²) >= 11 is 0. The largest absolute Gasteiger partial charge is 0.492 e. The van der Waals surface area contributed by atoms with E-state index in [4.69, 9.17) is 10.5 Å². The molecule has 4 saturated carbocycles. The Kier molecular flexibility index (Phi) is 3.05. The van der Waals surface area contributed by atoms with Crippen molar-refractivity contribution in [1.82, 2.24) is 0 Å². The minimum absolute atomic E-state index is 0.299. The second kappa shape index (κ2) is 4.82. The molecule has 0 heterocycles. The molecule has 3 heteroatoms. The molecule has 4 fully saturated rings. The van der Waals surface area contributed by atoms with Crippen LogP contribution in [0.2, 0.25) is 0 Å². The number of rotatable bonds is 4. The van der Waals surface area contributed by atoms with Crippen molar-refractivity contribution >= 4 is 11.4 Å². The molecule has 0 unspecified atom stereocenters. The molecule has 4 aliphatic carbocycles. The fourth-order valence-corrected chi connectivity index (χ4v) is 5.48. The highest BCUT2D eigenvalue weighted by atomic mass is 16.5. The van der Waals surface area contributed by atoms with Crippen LogP contribution in [0.5, 0.6) is 5.75 Å². The first-order chi connectivity index (χ1) is 10.2. The van der Waals surface area contributed by atoms with Crippen LogP contribution >= 0.6 is 0 Å². The van der Waals surface area contributed by atoms with Crippen molar-refractivity contribution in [2.75, 3.05) is 17.7 Å². The van der Waals surface area contributed by atoms with Gasteiger partial charge < -0.3 is 15.8 Å². The Morgan fingerprint density at radius 2 is 1.76 bits per heavy atom. The van der Waals surface area contributed by atoms with Gasteiger partial charge >= 0.3 is 0 Å². The molecule has 0 radical (unpaired) electrons. The summed E-state index contributed by atoms with van der Waals surface area (Å²) in [5.41, 5.74) is 8.46. The van der Waals surface area contributed by atoms with Gasteiger partial charge in [-0.1, -0.05) is 6.07 Å². The molecule has 114 valence electrons. The molecule has 5 rings (SSSR count). The number of anilines is 2. The SMILES string of the molecule is CCOc1cccc(NC23CC4CC(CC(C4)C2)C3)c1N. The van der Waals surface area contributed by atoms with Crippen molar-refractivity contribution in [3.63, 3.8) is 0 Å². The van der Waals surface area contributed by atoms with Gasteiger partial charge in [0, 0.05) is 5.54 Å². The molecule has 4 bridgehead atoms. The van der Waals surface area contributed by atoms with Crippen LogP contribution in [-0.4, -0.2) is 12.1 Å². The minimum atomic E-state index is 0.299. The predicted octanol–water partition coefficient (Wildman–Crippen LogP) is 4.05. The van der Waals surface area contributed by atoms with Gasteiger partial charge in [-0.05, 0) is 75.3 Å². The van der Waals surface area contributed by atoms with E-state index in [1.165, 1.54) is 38.5 Å². The van der Waals surface area contributed by atoms with Gasteiger partial charge in [0.1, 0.15) is 5.75 Å². The van der Waals surface area contributed by atoms with Gasteiger partial charge in [0.2, 0.25) is 0 Å². The van der Waals surface area contributed by atoms with Gasteiger partial charge in [0.25, 0.3) is 0 Å². The summed E-state index contributed by atoms with van der Waals surface area (Å²) in [6.07, 6.45) is 8.39. The van der Waals surface area contributed by atoms with Crippen LogP contribution < -0.4 is 15.8 Å². The van der Waals surface area contributed by atoms with E-state index in [1.807, 2.05) is 19.1 Å². The summed E-state index contributed by atoms with van der Waals surface area (Å²) in [5, 5.41) is 3.85. The van der Waals surface area contributed by atoms with Crippen molar-refractivity contribution in [2.24, 2.45) is 17.8 Å². The molecule has 0 saturated heterocycles. The van der Waals surface area contributed by atoms with Gasteiger partial charge in [-0.3, -0.25) is 0 Å². The normalized spacial score (nSPS) is 36.7. The van der Waals surface area contributed by atoms with E-state index < -0.39 is 0 Å². The van der Waals surface area contributed by atoms with E-state index in [0.29, 0.717) is 12.1 Å². The van der Waals surface area contributed by atoms with Crippen molar-refractivity contribution in [2.45, 2.75) is 51.0 Å². The number of nitrogens with two attached hydrogens (primary N) is 1. The molecule has 0 spiro atoms. The number of nitrogens with one attached hydrogen (secondary N) is 1. The van der Waals surface area contributed by atoms with E-state index in [-0.39, 0.29) is 0 Å². The van der Waals surface area contributed by atoms with E-state index >= 15 is 0 Å². The Hall–Kier alpha value is -1.38. The Bertz CT molecular complexity index is 505. The van der Waals surface area contributed by atoms with Crippen LogP contribution in [0.25, 0.3) is 0 Å². The molecular formula is C18H26N2O. The Balaban J connectivity index is 1.60. The van der Waals surface area contributed by atoms with Crippen LogP contribution in [0.4, 0.5) is 11.4 Å². The number of nitrogen functional groups attached to an aromatic ring is 1. The highest BCUT2D eigenvalue weighted by molar-refractivity contribution is 5.73. The molecule has 1 aromatic carbocycles. The van der Waals surface area contributed by atoms with Gasteiger partial charge in [-0.2, -0.15) is 0 Å². The summed E-state index contributed by atoms with van der Waals surface area (Å²) < 4.78 is 5.63. The van der Waals surface area contributed by atoms with E-state index in [0.717, 1.165) is 34.9 Å². The fourth-order valence-electron chi connectivity index (χ4n) is 5.48. The van der Waals surface area contributed by atoms with Crippen LogP contribution in [0.15, 0.2) is 18.2 Å². The number of hydrogen-bond acceptors (Lipinski definition) is 3. The molecule has 0 amide bonds. The molecule has 21 heavy (non-hydrogen) atoms. The maximum Gasteiger partial charge on any atom is 0.144 e. The average Bonchev–Trinajstić information content (AvgIpc) is 2.42. The fraction of sp³-hybridized carbons (Fsp3) is 0.667. The van der Waals surface area contributed by atoms with Crippen LogP contribution in [-0.2, 0) is 0 Å². The van der Waals surface area contributed by atoms with Crippen molar-refractivity contribution < 1.29 is 4.74 Å². The standard InChI is InChI=1S/C18H26N2O/c1-2-21-16-5-3-4-15(17(16)19)20-18-9-12-6-13(10-18)8-14(7-12)11-18/h3-5,12-14,20H,2,6-11,19H2,1H3. The van der Waals surface area contributed by atoms with Gasteiger partial charge in [0.05, 0.1) is 18.0 Å². The first-order valence-corrected chi connectivity index (χ1v) is 8.47. The molecule has 0 aliphatic heterocycles. The highest BCUT2D eigenvalue weighted by Gasteiger charge is 2.51. The van der Waals surface area contributed by atoms with E-state index in [2.05, 4.69) is 11.4 Å². The Morgan fingerprint density at radius 3 is 2.33 bits per heavy atom. The summed E-state index contributed by atoms with van der Waals surface area (Å²) in [6.45, 7) is 2.66. The monoisotopic (exact) mass is 286 g/mol. The van der Waals surface area contributed by atoms with E-state index in [9.17, 15) is 0 Å². The topological polar surface area (TPSA) is 47.3 Å². The van der Waals surface area contributed by atoms with Crippen molar-refractivity contribution in [1.29, 1.82) is 0 Å². The maximum atomic E-state index is 6.31. The third-order valence-electron chi connectivity index (χ3n) is 5.80. The first-order valence-electron chi connectivity index (χ1n) is 8.47. The quantitative estimate of drug-likeness (QED) is 0.821. The zero-order valence-electron chi connectivity index (χ0n) is 12.9. The first kappa shape index (κ1) is 13.3. The predicted molar refractivity (Wildman–Crippen MR) is 86.5 cm³/mol. The van der Waals surface area contributed by atoms with Gasteiger partial charge in [0.15, 0.2) is 0 Å². The second-order valence-electron chi connectivity index (χ2n) is 7.47. The Morgan fingerprint density at radius 1 is 1.14 bits per heavy atom. The summed E-state index contributed by atoms with van der Waals surface area (Å²) in [4.78, 5) is 0. The molecule has 0 atom stereocenters. The number of hydrogen-bond donors (Lipinski definition) is 2. The third-order valence-corrected chi connectivity index (χ3v) is 5.80. The molecule has 1 aromatic rings. The van der Waals surface area contributed by atoms with Crippen molar-refractivity contribution in [3.8, 4) is 5.75 Å². The molecule has 3 N–H and O–H groups in total. The molecule has 0 aromatic heterocycles. The number of para-hydroxylation sites is 1. The van der Waals surface area contributed by atoms with Gasteiger partial charge in [-0.25, -0.2) is 0 Å². The third kappa shape index (κ3) is 2.27. The zero-order valence-corrected chi connectivity index (χ0v) is 12.9. The molecular weight excluding hydrogens is 260 g/mol. The Labute approximate surface area is 127 Å². The highest BCUT2D eigenvalue weighted by Crippen LogP contribution is 2.57. The minimum Gasteiger partial charge on any atom is -0.492 e. The molecule has 4 aliphatic rings. The summed E-state index contributed by atoms with van der Waals surface area (Å²) in [6, 6.07) is 6.12. The van der Waals surface area contributed by atoms with Crippen LogP contribution in [0.3, 0.4) is 0 Å². The lowest BCUT2D eigenvalue weighted by molar-refractivity contribution is 0.0107. The van der Waals surface area contributed by atoms with E-state index in [1.54, 1.807) is 0 Å². The summed E-state index contributed by atoms with van der Waals surface area (Å²) in [5.74, 6) is 3.65. The number of ether oxygens (including phenoxy) is 1. The van der Waals surface area contributed by atoms with Crippen molar-refractivity contribution in [3.05, 3.63) is 18.2 Å². The smallest absolute Gasteiger partial charge is 0.144 e. The molecule has 3 nitrogen and oxygen atoms in total. The van der Waals surface area contributed by atoms with Crippen LogP contribution in [0, 0.1) is 17.8 Å². The zero-order chi connectivity index (χ0) is 14.4. The van der Waals surface area contributed by atoms with Crippen LogP contribution in [0.1, 0.15) is 45.4 Å². The maximum absolute atomic E-state index is 6.31. The average molecular weight is 286 g/mol. The van der Waals surface area contributed by atoms with Gasteiger partial charge in [-0.15, -0.1) is 0 Å². The lowest BCUT2D eigenvalue weighted by Gasteiger charge is -2.57. The summed E-state index contributed by atoms with van der Waals surface area (Å²) in [7, 11) is 0. The number of benzene rings is 1. The second-order valence-corrected chi connectivity index (χ2v) is 7.47. The lowest BCUT2D eigenvalue weighted by atomic mass is 9.53.